The van der Waals surface area contributed by atoms with Crippen molar-refractivity contribution in [1.82, 2.24) is 10.2 Å². The lowest BCUT2D eigenvalue weighted by molar-refractivity contribution is 0.116. The molecule has 20 heavy (non-hydrogen) atoms. The van der Waals surface area contributed by atoms with Crippen molar-refractivity contribution in [3.8, 4) is 0 Å². The average Bonchev–Trinajstić information content (AvgIpc) is 2.38. The smallest absolute Gasteiger partial charge is 0.0297 e. The molecule has 0 aromatic heterocycles. The first-order chi connectivity index (χ1) is 9.38. The van der Waals surface area contributed by atoms with Gasteiger partial charge in [0.05, 0.1) is 0 Å². The Morgan fingerprint density at radius 1 is 1.25 bits per heavy atom. The lowest BCUT2D eigenvalue weighted by atomic mass is 9.88. The van der Waals surface area contributed by atoms with Crippen LogP contribution in [0.2, 0.25) is 0 Å². The van der Waals surface area contributed by atoms with Crippen molar-refractivity contribution >= 4 is 0 Å². The molecule has 0 saturated carbocycles. The van der Waals surface area contributed by atoms with Crippen LogP contribution in [0.25, 0.3) is 0 Å². The van der Waals surface area contributed by atoms with Crippen LogP contribution in [0.15, 0.2) is 18.2 Å². The van der Waals surface area contributed by atoms with Crippen molar-refractivity contribution in [3.05, 3.63) is 34.9 Å². The highest BCUT2D eigenvalue weighted by molar-refractivity contribution is 5.32. The Morgan fingerprint density at radius 2 is 1.95 bits per heavy atom. The van der Waals surface area contributed by atoms with E-state index in [2.05, 4.69) is 70.1 Å². The first-order valence-corrected chi connectivity index (χ1v) is 7.92. The van der Waals surface area contributed by atoms with Crippen molar-refractivity contribution in [2.75, 3.05) is 13.6 Å². The molecule has 2 nitrogen and oxygen atoms in total. The van der Waals surface area contributed by atoms with Gasteiger partial charge in [-0.3, -0.25) is 0 Å². The fraction of sp³-hybridized carbons (Fsp3) is 0.667. The summed E-state index contributed by atoms with van der Waals surface area (Å²) < 4.78 is 0. The zero-order valence-corrected chi connectivity index (χ0v) is 13.9. The van der Waals surface area contributed by atoms with Crippen LogP contribution in [0.1, 0.15) is 49.9 Å². The molecule has 1 saturated heterocycles. The van der Waals surface area contributed by atoms with Gasteiger partial charge in [0.15, 0.2) is 0 Å². The van der Waals surface area contributed by atoms with Crippen LogP contribution in [0.4, 0.5) is 0 Å². The SMILES string of the molecule is Cc1ccc(C)c(C(C)NC2CC(C)N(C)CC2C)c1. The quantitative estimate of drug-likeness (QED) is 0.904. The lowest BCUT2D eigenvalue weighted by Gasteiger charge is -2.41. The second-order valence-corrected chi connectivity index (χ2v) is 6.86. The van der Waals surface area contributed by atoms with Gasteiger partial charge in [-0.1, -0.05) is 30.7 Å². The number of rotatable bonds is 3. The first-order valence-electron chi connectivity index (χ1n) is 7.92. The summed E-state index contributed by atoms with van der Waals surface area (Å²) in [4.78, 5) is 2.48. The Morgan fingerprint density at radius 3 is 2.65 bits per heavy atom. The minimum absolute atomic E-state index is 0.429. The van der Waals surface area contributed by atoms with Crippen LogP contribution in [0.5, 0.6) is 0 Å². The van der Waals surface area contributed by atoms with E-state index in [1.54, 1.807) is 0 Å². The number of piperidine rings is 1. The molecule has 1 aromatic carbocycles. The van der Waals surface area contributed by atoms with E-state index in [9.17, 15) is 0 Å². The minimum Gasteiger partial charge on any atom is -0.307 e. The molecule has 112 valence electrons. The van der Waals surface area contributed by atoms with Crippen LogP contribution >= 0.6 is 0 Å². The molecule has 1 aliphatic rings. The van der Waals surface area contributed by atoms with Crippen LogP contribution < -0.4 is 5.32 Å². The Hall–Kier alpha value is -0.860. The number of benzene rings is 1. The molecular formula is C18H30N2. The number of aryl methyl sites for hydroxylation is 2. The van der Waals surface area contributed by atoms with Crippen LogP contribution in [0.3, 0.4) is 0 Å². The second kappa shape index (κ2) is 6.28. The van der Waals surface area contributed by atoms with Gasteiger partial charge in [0.1, 0.15) is 0 Å². The van der Waals surface area contributed by atoms with Gasteiger partial charge in [0.2, 0.25) is 0 Å². The predicted molar refractivity (Wildman–Crippen MR) is 87.1 cm³/mol. The van der Waals surface area contributed by atoms with Gasteiger partial charge in [0.25, 0.3) is 0 Å². The molecule has 2 heteroatoms. The van der Waals surface area contributed by atoms with Gasteiger partial charge >= 0.3 is 0 Å². The standard InChI is InChI=1S/C18H30N2/c1-12-7-8-13(2)17(9-12)16(5)19-18-10-15(4)20(6)11-14(18)3/h7-9,14-16,18-19H,10-11H2,1-6H3. The van der Waals surface area contributed by atoms with Crippen molar-refractivity contribution < 1.29 is 0 Å². The largest absolute Gasteiger partial charge is 0.307 e. The van der Waals surface area contributed by atoms with Gasteiger partial charge in [-0.05, 0) is 58.2 Å². The predicted octanol–water partition coefficient (Wildman–Crippen LogP) is 3.68. The highest BCUT2D eigenvalue weighted by atomic mass is 15.2. The van der Waals surface area contributed by atoms with Gasteiger partial charge in [-0.2, -0.15) is 0 Å². The Kier molecular flexibility index (Phi) is 4.87. The number of nitrogens with zero attached hydrogens (tertiary/aromatic N) is 1. The molecule has 4 atom stereocenters. The van der Waals surface area contributed by atoms with Crippen molar-refractivity contribution in [3.63, 3.8) is 0 Å². The zero-order valence-electron chi connectivity index (χ0n) is 13.9. The van der Waals surface area contributed by atoms with E-state index in [1.165, 1.54) is 29.7 Å². The molecule has 0 amide bonds. The molecule has 0 spiro atoms. The molecule has 1 aromatic rings. The maximum atomic E-state index is 3.88. The third kappa shape index (κ3) is 3.42. The summed E-state index contributed by atoms with van der Waals surface area (Å²) in [5.74, 6) is 0.712. The fourth-order valence-electron chi connectivity index (χ4n) is 3.41. The summed E-state index contributed by atoms with van der Waals surface area (Å²) in [6.45, 7) is 12.6. The molecule has 1 fully saturated rings. The third-order valence-corrected chi connectivity index (χ3v) is 4.98. The van der Waals surface area contributed by atoms with Crippen molar-refractivity contribution in [2.45, 2.75) is 59.2 Å². The summed E-state index contributed by atoms with van der Waals surface area (Å²) in [5, 5.41) is 3.88. The molecule has 2 rings (SSSR count). The van der Waals surface area contributed by atoms with Crippen LogP contribution in [-0.4, -0.2) is 30.6 Å². The number of hydrogen-bond acceptors (Lipinski definition) is 2. The maximum Gasteiger partial charge on any atom is 0.0297 e. The summed E-state index contributed by atoms with van der Waals surface area (Å²) in [6, 6.07) is 8.49. The topological polar surface area (TPSA) is 15.3 Å². The molecular weight excluding hydrogens is 244 g/mol. The monoisotopic (exact) mass is 274 g/mol. The van der Waals surface area contributed by atoms with Crippen LogP contribution in [-0.2, 0) is 0 Å². The second-order valence-electron chi connectivity index (χ2n) is 6.86. The van der Waals surface area contributed by atoms with Gasteiger partial charge < -0.3 is 10.2 Å². The highest BCUT2D eigenvalue weighted by Crippen LogP contribution is 2.25. The van der Waals surface area contributed by atoms with Gasteiger partial charge in [-0.25, -0.2) is 0 Å². The van der Waals surface area contributed by atoms with E-state index < -0.39 is 0 Å². The molecule has 0 radical (unpaired) electrons. The number of nitrogens with one attached hydrogen (secondary N) is 1. The van der Waals surface area contributed by atoms with Crippen molar-refractivity contribution in [1.29, 1.82) is 0 Å². The minimum atomic E-state index is 0.429. The number of likely N-dealkylation sites (tertiary alicyclic amines) is 1. The van der Waals surface area contributed by atoms with Crippen LogP contribution in [0, 0.1) is 19.8 Å². The molecule has 0 bridgehead atoms. The Balaban J connectivity index is 2.07. The third-order valence-electron chi connectivity index (χ3n) is 4.98. The summed E-state index contributed by atoms with van der Waals surface area (Å²) in [7, 11) is 2.24. The van der Waals surface area contributed by atoms with Crippen molar-refractivity contribution in [2.24, 2.45) is 5.92 Å². The van der Waals surface area contributed by atoms with E-state index in [0.717, 1.165) is 0 Å². The van der Waals surface area contributed by atoms with Gasteiger partial charge in [-0.15, -0.1) is 0 Å². The normalized spacial score (nSPS) is 29.4. The maximum absolute atomic E-state index is 3.88. The van der Waals surface area contributed by atoms with E-state index in [0.29, 0.717) is 24.0 Å². The van der Waals surface area contributed by atoms with Gasteiger partial charge in [0, 0.05) is 24.7 Å². The molecule has 1 heterocycles. The van der Waals surface area contributed by atoms with E-state index in [1.807, 2.05) is 0 Å². The van der Waals surface area contributed by atoms with E-state index >= 15 is 0 Å². The lowest BCUT2D eigenvalue weighted by Crippen LogP contribution is -2.51. The molecule has 1 N–H and O–H groups in total. The average molecular weight is 274 g/mol. The molecule has 1 aliphatic heterocycles. The summed E-state index contributed by atoms with van der Waals surface area (Å²) >= 11 is 0. The fourth-order valence-corrected chi connectivity index (χ4v) is 3.41. The Labute approximate surface area is 124 Å². The first kappa shape index (κ1) is 15.5. The van der Waals surface area contributed by atoms with E-state index in [4.69, 9.17) is 0 Å². The van der Waals surface area contributed by atoms with E-state index in [-0.39, 0.29) is 0 Å². The molecule has 0 aliphatic carbocycles. The molecule has 4 unspecified atom stereocenters. The Bertz CT molecular complexity index is 455. The summed E-state index contributed by atoms with van der Waals surface area (Å²) in [5.41, 5.74) is 4.19. The number of hydrogen-bond donors (Lipinski definition) is 1. The zero-order chi connectivity index (χ0) is 14.9. The summed E-state index contributed by atoms with van der Waals surface area (Å²) in [6.07, 6.45) is 1.24. The highest BCUT2D eigenvalue weighted by Gasteiger charge is 2.29.